The molecular weight excluding hydrogens is 346 g/mol. The summed E-state index contributed by atoms with van der Waals surface area (Å²) in [6.07, 6.45) is 13.7. The van der Waals surface area contributed by atoms with Crippen molar-refractivity contribution in [2.45, 2.75) is 71.1 Å². The van der Waals surface area contributed by atoms with E-state index in [0.717, 1.165) is 21.7 Å². The van der Waals surface area contributed by atoms with Crippen LogP contribution in [0.3, 0.4) is 0 Å². The van der Waals surface area contributed by atoms with Crippen molar-refractivity contribution in [2.75, 3.05) is 11.9 Å². The second-order valence-electron chi connectivity index (χ2n) is 5.73. The van der Waals surface area contributed by atoms with Gasteiger partial charge in [0.1, 0.15) is 0 Å². The second-order valence-corrected chi connectivity index (χ2v) is 7.06. The largest absolute Gasteiger partial charge is 0.384 e. The smallest absolute Gasteiger partial charge is 0.0648 e. The fraction of sp³-hybridized carbons (Fsp3) is 0.667. The van der Waals surface area contributed by atoms with Crippen LogP contribution in [0.25, 0.3) is 0 Å². The third-order valence-corrected chi connectivity index (χ3v) is 4.58. The molecule has 1 rings (SSSR count). The van der Waals surface area contributed by atoms with E-state index >= 15 is 0 Å². The molecule has 3 heteroatoms. The molecule has 1 aromatic rings. The van der Waals surface area contributed by atoms with Crippen molar-refractivity contribution in [3.63, 3.8) is 0 Å². The number of rotatable bonds is 12. The molecule has 0 amide bonds. The molecule has 0 saturated heterocycles. The lowest BCUT2D eigenvalue weighted by Gasteiger charge is -2.08. The number of anilines is 1. The molecule has 0 spiro atoms. The first kappa shape index (κ1) is 18.8. The molecule has 0 atom stereocenters. The van der Waals surface area contributed by atoms with Crippen LogP contribution in [0, 0.1) is 0 Å². The van der Waals surface area contributed by atoms with Crippen molar-refractivity contribution >= 4 is 33.2 Å². The normalized spacial score (nSPS) is 10.8. The summed E-state index contributed by atoms with van der Waals surface area (Å²) in [4.78, 5) is 0. The van der Waals surface area contributed by atoms with Gasteiger partial charge in [-0.15, -0.1) is 0 Å². The lowest BCUT2D eigenvalue weighted by atomic mass is 10.1. The summed E-state index contributed by atoms with van der Waals surface area (Å²) in [6, 6.07) is 5.98. The van der Waals surface area contributed by atoms with Gasteiger partial charge in [0.15, 0.2) is 0 Å². The van der Waals surface area contributed by atoms with Crippen molar-refractivity contribution in [2.24, 2.45) is 0 Å². The van der Waals surface area contributed by atoms with Crippen LogP contribution in [0.4, 0.5) is 5.69 Å². The first-order valence-corrected chi connectivity index (χ1v) is 9.60. The minimum Gasteiger partial charge on any atom is -0.384 e. The molecule has 1 aromatic carbocycles. The molecule has 0 radical (unpaired) electrons. The summed E-state index contributed by atoms with van der Waals surface area (Å²) in [5.74, 6) is 0. The number of halogens is 2. The van der Waals surface area contributed by atoms with Gasteiger partial charge in [-0.3, -0.25) is 0 Å². The minimum atomic E-state index is 0.788. The molecule has 0 heterocycles. The topological polar surface area (TPSA) is 12.0 Å². The summed E-state index contributed by atoms with van der Waals surface area (Å²) < 4.78 is 1.02. The molecule has 0 aliphatic rings. The summed E-state index contributed by atoms with van der Waals surface area (Å²) >= 11 is 9.59. The molecule has 0 aliphatic carbocycles. The zero-order valence-corrected chi connectivity index (χ0v) is 15.6. The van der Waals surface area contributed by atoms with E-state index in [0.29, 0.717) is 0 Å². The summed E-state index contributed by atoms with van der Waals surface area (Å²) in [6.45, 7) is 3.29. The highest BCUT2D eigenvalue weighted by Gasteiger charge is 1.99. The molecule has 0 saturated carbocycles. The van der Waals surface area contributed by atoms with Crippen LogP contribution in [0.1, 0.15) is 71.1 Å². The van der Waals surface area contributed by atoms with Gasteiger partial charge in [-0.1, -0.05) is 92.2 Å². The number of unbranched alkanes of at least 4 members (excludes halogenated alkanes) is 9. The van der Waals surface area contributed by atoms with Crippen molar-refractivity contribution in [3.05, 3.63) is 27.7 Å². The van der Waals surface area contributed by atoms with E-state index < -0.39 is 0 Å². The van der Waals surface area contributed by atoms with E-state index in [2.05, 4.69) is 28.2 Å². The highest BCUT2D eigenvalue weighted by atomic mass is 79.9. The van der Waals surface area contributed by atoms with Crippen molar-refractivity contribution in [1.82, 2.24) is 0 Å². The second kappa shape index (κ2) is 12.3. The molecule has 0 aromatic heterocycles. The van der Waals surface area contributed by atoms with E-state index in [1.165, 1.54) is 64.2 Å². The van der Waals surface area contributed by atoms with Gasteiger partial charge in [0.25, 0.3) is 0 Å². The van der Waals surface area contributed by atoms with Gasteiger partial charge in [-0.2, -0.15) is 0 Å². The third-order valence-electron chi connectivity index (χ3n) is 3.78. The van der Waals surface area contributed by atoms with Gasteiger partial charge in [-0.25, -0.2) is 0 Å². The van der Waals surface area contributed by atoms with Gasteiger partial charge in [-0.05, 0) is 24.6 Å². The average Bonchev–Trinajstić information content (AvgIpc) is 2.46. The van der Waals surface area contributed by atoms with Crippen molar-refractivity contribution < 1.29 is 0 Å². The Bertz CT molecular complexity index is 381. The van der Waals surface area contributed by atoms with Crippen LogP contribution in [-0.2, 0) is 0 Å². The van der Waals surface area contributed by atoms with E-state index in [-0.39, 0.29) is 0 Å². The lowest BCUT2D eigenvalue weighted by molar-refractivity contribution is 0.560. The quantitative estimate of drug-likeness (QED) is 0.375. The van der Waals surface area contributed by atoms with Crippen LogP contribution >= 0.6 is 27.5 Å². The Morgan fingerprint density at radius 2 is 1.48 bits per heavy atom. The van der Waals surface area contributed by atoms with E-state index in [4.69, 9.17) is 11.6 Å². The summed E-state index contributed by atoms with van der Waals surface area (Å²) in [7, 11) is 0. The number of benzene rings is 1. The predicted molar refractivity (Wildman–Crippen MR) is 99.5 cm³/mol. The highest BCUT2D eigenvalue weighted by molar-refractivity contribution is 9.10. The number of hydrogen-bond acceptors (Lipinski definition) is 1. The fourth-order valence-corrected chi connectivity index (χ4v) is 3.21. The van der Waals surface area contributed by atoms with Crippen LogP contribution in [-0.4, -0.2) is 6.54 Å². The molecule has 0 bridgehead atoms. The molecule has 0 fully saturated rings. The highest BCUT2D eigenvalue weighted by Crippen LogP contribution is 2.25. The zero-order chi connectivity index (χ0) is 15.3. The Hall–Kier alpha value is -0.210. The molecular formula is C18H29BrClN. The van der Waals surface area contributed by atoms with Crippen LogP contribution < -0.4 is 5.32 Å². The average molecular weight is 375 g/mol. The fourth-order valence-electron chi connectivity index (χ4n) is 2.47. The van der Waals surface area contributed by atoms with E-state index in [1.54, 1.807) is 0 Å². The first-order valence-electron chi connectivity index (χ1n) is 8.43. The molecule has 21 heavy (non-hydrogen) atoms. The van der Waals surface area contributed by atoms with Gasteiger partial charge >= 0.3 is 0 Å². The van der Waals surface area contributed by atoms with Gasteiger partial charge in [0, 0.05) is 11.0 Å². The van der Waals surface area contributed by atoms with E-state index in [9.17, 15) is 0 Å². The maximum atomic E-state index is 6.17. The molecule has 0 unspecified atom stereocenters. The van der Waals surface area contributed by atoms with E-state index in [1.807, 2.05) is 18.2 Å². The summed E-state index contributed by atoms with van der Waals surface area (Å²) in [5, 5.41) is 4.20. The monoisotopic (exact) mass is 373 g/mol. The SMILES string of the molecule is CCCCCCCCCCCCNc1ccc(Br)cc1Cl. The standard InChI is InChI=1S/C18H29BrClN/c1-2-3-4-5-6-7-8-9-10-11-14-21-18-13-12-16(19)15-17(18)20/h12-13,15,21H,2-11,14H2,1H3. The minimum absolute atomic E-state index is 0.788. The maximum absolute atomic E-state index is 6.17. The van der Waals surface area contributed by atoms with Crippen molar-refractivity contribution in [3.8, 4) is 0 Å². The van der Waals surface area contributed by atoms with Gasteiger partial charge in [0.2, 0.25) is 0 Å². The van der Waals surface area contributed by atoms with Crippen molar-refractivity contribution in [1.29, 1.82) is 0 Å². The molecule has 120 valence electrons. The lowest BCUT2D eigenvalue weighted by Crippen LogP contribution is -2.01. The Morgan fingerprint density at radius 1 is 0.905 bits per heavy atom. The van der Waals surface area contributed by atoms with Crippen LogP contribution in [0.5, 0.6) is 0 Å². The van der Waals surface area contributed by atoms with Gasteiger partial charge in [0.05, 0.1) is 10.7 Å². The summed E-state index contributed by atoms with van der Waals surface area (Å²) in [5.41, 5.74) is 1.04. The molecule has 0 aliphatic heterocycles. The number of nitrogens with one attached hydrogen (secondary N) is 1. The Kier molecular flexibility index (Phi) is 11.1. The van der Waals surface area contributed by atoms with Gasteiger partial charge < -0.3 is 5.32 Å². The third kappa shape index (κ3) is 9.42. The van der Waals surface area contributed by atoms with Crippen LogP contribution in [0.2, 0.25) is 5.02 Å². The zero-order valence-electron chi connectivity index (χ0n) is 13.3. The predicted octanol–water partition coefficient (Wildman–Crippen LogP) is 7.44. The first-order chi connectivity index (χ1) is 10.2. The number of hydrogen-bond donors (Lipinski definition) is 1. The molecule has 1 N–H and O–H groups in total. The maximum Gasteiger partial charge on any atom is 0.0648 e. The van der Waals surface area contributed by atoms with Crippen LogP contribution in [0.15, 0.2) is 22.7 Å². The Morgan fingerprint density at radius 3 is 2.05 bits per heavy atom. The molecule has 1 nitrogen and oxygen atoms in total. The Labute approximate surface area is 144 Å². The Balaban J connectivity index is 1.93.